The Morgan fingerprint density at radius 2 is 1.72 bits per heavy atom. The van der Waals surface area contributed by atoms with E-state index in [1.807, 2.05) is 13.8 Å². The third-order valence-electron chi connectivity index (χ3n) is 6.35. The van der Waals surface area contributed by atoms with Crippen LogP contribution in [-0.2, 0) is 9.59 Å². The molecule has 0 bridgehead atoms. The number of nitrogens with zero attached hydrogens (tertiary/aromatic N) is 2. The topological polar surface area (TPSA) is 109 Å². The summed E-state index contributed by atoms with van der Waals surface area (Å²) >= 11 is 0. The molecular formula is C27H34N2O7. The van der Waals surface area contributed by atoms with E-state index in [1.54, 1.807) is 37.3 Å². The monoisotopic (exact) mass is 498 g/mol. The summed E-state index contributed by atoms with van der Waals surface area (Å²) in [5.41, 5.74) is 0.685. The number of hydrogen-bond donors (Lipinski definition) is 2. The molecule has 1 amide bonds. The summed E-state index contributed by atoms with van der Waals surface area (Å²) in [7, 11) is 2.94. The molecular weight excluding hydrogens is 464 g/mol. The summed E-state index contributed by atoms with van der Waals surface area (Å²) in [5, 5.41) is 21.7. The minimum absolute atomic E-state index is 0.0600. The van der Waals surface area contributed by atoms with Crippen LogP contribution < -0.4 is 14.2 Å². The third-order valence-corrected chi connectivity index (χ3v) is 6.35. The molecule has 9 heteroatoms. The number of carbonyl (C=O) groups is 2. The maximum Gasteiger partial charge on any atom is 0.295 e. The highest BCUT2D eigenvalue weighted by Crippen LogP contribution is 2.43. The summed E-state index contributed by atoms with van der Waals surface area (Å²) in [6.45, 7) is 8.57. The van der Waals surface area contributed by atoms with Gasteiger partial charge >= 0.3 is 0 Å². The average molecular weight is 499 g/mol. The van der Waals surface area contributed by atoms with Gasteiger partial charge in [-0.15, -0.1) is 0 Å². The quantitative estimate of drug-likeness (QED) is 0.275. The molecule has 0 aliphatic carbocycles. The highest BCUT2D eigenvalue weighted by molar-refractivity contribution is 6.46. The predicted molar refractivity (Wildman–Crippen MR) is 136 cm³/mol. The van der Waals surface area contributed by atoms with Crippen LogP contribution in [0.15, 0.2) is 42.0 Å². The van der Waals surface area contributed by atoms with Crippen LogP contribution in [0.2, 0.25) is 0 Å². The van der Waals surface area contributed by atoms with Crippen LogP contribution in [0.5, 0.6) is 23.0 Å². The SMILES string of the molecule is CCOc1cc(C2/C(=C(\O)c3cc(OC)ccc3OC)C(=O)C(=O)N2CCN(CC)CC)ccc1O. The minimum atomic E-state index is -0.892. The van der Waals surface area contributed by atoms with Crippen molar-refractivity contribution in [3.8, 4) is 23.0 Å². The van der Waals surface area contributed by atoms with Crippen molar-refractivity contribution in [3.63, 3.8) is 0 Å². The smallest absolute Gasteiger partial charge is 0.295 e. The van der Waals surface area contributed by atoms with Crippen molar-refractivity contribution in [1.82, 2.24) is 9.80 Å². The number of amides is 1. The summed E-state index contributed by atoms with van der Waals surface area (Å²) in [6, 6.07) is 8.62. The molecule has 0 radical (unpaired) electrons. The largest absolute Gasteiger partial charge is 0.507 e. The standard InChI is InChI=1S/C27H34N2O7/c1-6-28(7-2)13-14-29-24(17-9-11-20(30)22(15-17)36-8-3)23(26(32)27(29)33)25(31)19-16-18(34-4)10-12-21(19)35-5/h9-12,15-16,24,30-31H,6-8,13-14H2,1-5H3/b25-23+. The van der Waals surface area contributed by atoms with E-state index in [0.29, 0.717) is 30.2 Å². The molecule has 1 heterocycles. The van der Waals surface area contributed by atoms with Gasteiger partial charge in [0.05, 0.1) is 38.0 Å². The fraction of sp³-hybridized carbons (Fsp3) is 0.407. The summed E-state index contributed by atoms with van der Waals surface area (Å²) in [6.07, 6.45) is 0. The van der Waals surface area contributed by atoms with Crippen LogP contribution in [-0.4, -0.2) is 78.7 Å². The number of ether oxygens (including phenoxy) is 3. The molecule has 36 heavy (non-hydrogen) atoms. The van der Waals surface area contributed by atoms with Crippen LogP contribution in [0.25, 0.3) is 5.76 Å². The Morgan fingerprint density at radius 3 is 2.33 bits per heavy atom. The summed E-state index contributed by atoms with van der Waals surface area (Å²) in [5.74, 6) is -0.937. The molecule has 9 nitrogen and oxygen atoms in total. The van der Waals surface area contributed by atoms with Crippen LogP contribution in [0.1, 0.15) is 37.9 Å². The maximum atomic E-state index is 13.4. The van der Waals surface area contributed by atoms with E-state index >= 15 is 0 Å². The molecule has 0 spiro atoms. The van der Waals surface area contributed by atoms with Crippen molar-refractivity contribution in [2.75, 3.05) is 47.0 Å². The third kappa shape index (κ3) is 5.26. The van der Waals surface area contributed by atoms with Gasteiger partial charge in [0.2, 0.25) is 0 Å². The number of ketones is 1. The average Bonchev–Trinajstić information content (AvgIpc) is 3.14. The Morgan fingerprint density at radius 1 is 1.00 bits per heavy atom. The van der Waals surface area contributed by atoms with E-state index in [1.165, 1.54) is 25.2 Å². The fourth-order valence-electron chi connectivity index (χ4n) is 4.36. The molecule has 2 N–H and O–H groups in total. The minimum Gasteiger partial charge on any atom is -0.507 e. The molecule has 0 saturated carbocycles. The van der Waals surface area contributed by atoms with E-state index in [4.69, 9.17) is 14.2 Å². The molecule has 0 aromatic heterocycles. The van der Waals surface area contributed by atoms with Crippen molar-refractivity contribution in [2.45, 2.75) is 26.8 Å². The van der Waals surface area contributed by atoms with Crippen LogP contribution in [0, 0.1) is 0 Å². The lowest BCUT2D eigenvalue weighted by Gasteiger charge is -2.28. The van der Waals surface area contributed by atoms with Crippen LogP contribution in [0.3, 0.4) is 0 Å². The van der Waals surface area contributed by atoms with E-state index in [-0.39, 0.29) is 34.9 Å². The first kappa shape index (κ1) is 26.9. The summed E-state index contributed by atoms with van der Waals surface area (Å²) in [4.78, 5) is 30.2. The summed E-state index contributed by atoms with van der Waals surface area (Å²) < 4.78 is 16.2. The number of phenols is 1. The number of aromatic hydroxyl groups is 1. The van der Waals surface area contributed by atoms with Gasteiger partial charge in [-0.2, -0.15) is 0 Å². The van der Waals surface area contributed by atoms with Gasteiger partial charge in [-0.3, -0.25) is 9.59 Å². The molecule has 2 aromatic rings. The lowest BCUT2D eigenvalue weighted by atomic mass is 9.94. The first-order chi connectivity index (χ1) is 17.3. The second-order valence-corrected chi connectivity index (χ2v) is 8.25. The van der Waals surface area contributed by atoms with Gasteiger partial charge in [-0.05, 0) is 55.9 Å². The van der Waals surface area contributed by atoms with Gasteiger partial charge < -0.3 is 34.2 Å². The lowest BCUT2D eigenvalue weighted by molar-refractivity contribution is -0.140. The van der Waals surface area contributed by atoms with Gasteiger partial charge in [0.25, 0.3) is 11.7 Å². The Kier molecular flexibility index (Phi) is 8.82. The number of aliphatic hydroxyl groups excluding tert-OH is 1. The number of phenolic OH excluding ortho intramolecular Hbond substituents is 1. The molecule has 1 unspecified atom stereocenters. The predicted octanol–water partition coefficient (Wildman–Crippen LogP) is 3.57. The molecule has 3 rings (SSSR count). The van der Waals surface area contributed by atoms with Crippen molar-refractivity contribution in [2.24, 2.45) is 0 Å². The highest BCUT2D eigenvalue weighted by Gasteiger charge is 2.46. The maximum absolute atomic E-state index is 13.4. The number of aliphatic hydroxyl groups is 1. The molecule has 1 saturated heterocycles. The molecule has 194 valence electrons. The molecule has 1 aliphatic rings. The number of carbonyl (C=O) groups excluding carboxylic acids is 2. The second kappa shape index (κ2) is 11.8. The Hall–Kier alpha value is -3.72. The first-order valence-electron chi connectivity index (χ1n) is 12.0. The van der Waals surface area contributed by atoms with Gasteiger partial charge in [-0.25, -0.2) is 0 Å². The van der Waals surface area contributed by atoms with E-state index < -0.39 is 17.7 Å². The molecule has 1 atom stereocenters. The fourth-order valence-corrected chi connectivity index (χ4v) is 4.36. The lowest BCUT2D eigenvalue weighted by Crippen LogP contribution is -2.38. The zero-order valence-electron chi connectivity index (χ0n) is 21.4. The Labute approximate surface area is 211 Å². The first-order valence-corrected chi connectivity index (χ1v) is 12.0. The molecule has 1 aliphatic heterocycles. The normalized spacial score (nSPS) is 17.1. The zero-order valence-corrected chi connectivity index (χ0v) is 21.4. The Balaban J connectivity index is 2.21. The Bertz CT molecular complexity index is 1140. The van der Waals surface area contributed by atoms with Gasteiger partial charge in [0, 0.05) is 13.1 Å². The van der Waals surface area contributed by atoms with E-state index in [2.05, 4.69) is 4.90 Å². The molecule has 1 fully saturated rings. The van der Waals surface area contributed by atoms with Crippen molar-refractivity contribution in [1.29, 1.82) is 0 Å². The van der Waals surface area contributed by atoms with E-state index in [0.717, 1.165) is 13.1 Å². The number of benzene rings is 2. The number of rotatable bonds is 11. The number of hydrogen-bond acceptors (Lipinski definition) is 8. The number of methoxy groups -OCH3 is 2. The number of Topliss-reactive ketones (excluding diaryl/α,β-unsaturated/α-hetero) is 1. The number of likely N-dealkylation sites (tertiary alicyclic amines) is 1. The van der Waals surface area contributed by atoms with E-state index in [9.17, 15) is 19.8 Å². The van der Waals surface area contributed by atoms with Crippen molar-refractivity contribution >= 4 is 17.4 Å². The number of likely N-dealkylation sites (N-methyl/N-ethyl adjacent to an activating group) is 1. The van der Waals surface area contributed by atoms with Gasteiger partial charge in [0.15, 0.2) is 11.5 Å². The second-order valence-electron chi connectivity index (χ2n) is 8.25. The van der Waals surface area contributed by atoms with Crippen LogP contribution >= 0.6 is 0 Å². The zero-order chi connectivity index (χ0) is 26.4. The van der Waals surface area contributed by atoms with Gasteiger partial charge in [-0.1, -0.05) is 19.9 Å². The van der Waals surface area contributed by atoms with Crippen molar-refractivity contribution < 1.29 is 34.0 Å². The van der Waals surface area contributed by atoms with Crippen LogP contribution in [0.4, 0.5) is 0 Å². The molecule has 2 aromatic carbocycles. The van der Waals surface area contributed by atoms with Gasteiger partial charge in [0.1, 0.15) is 17.3 Å². The highest BCUT2D eigenvalue weighted by atomic mass is 16.5. The van der Waals surface area contributed by atoms with Crippen molar-refractivity contribution in [3.05, 3.63) is 53.1 Å².